The van der Waals surface area contributed by atoms with E-state index in [4.69, 9.17) is 21.1 Å². The van der Waals surface area contributed by atoms with Crippen LogP contribution in [0.1, 0.15) is 22.4 Å². The third kappa shape index (κ3) is 3.10. The fourth-order valence-corrected chi connectivity index (χ4v) is 4.64. The predicted molar refractivity (Wildman–Crippen MR) is 94.9 cm³/mol. The molecule has 3 rings (SSSR count). The molecule has 20 heavy (non-hydrogen) atoms. The van der Waals surface area contributed by atoms with Crippen molar-refractivity contribution in [3.05, 3.63) is 42.6 Å². The molecule has 0 aliphatic carbocycles. The summed E-state index contributed by atoms with van der Waals surface area (Å²) in [5.74, 6) is 1.51. The summed E-state index contributed by atoms with van der Waals surface area (Å²) in [6.07, 6.45) is 0.891. The van der Waals surface area contributed by atoms with Crippen LogP contribution in [0.25, 0.3) is 0 Å². The molecule has 0 radical (unpaired) electrons. The van der Waals surface area contributed by atoms with E-state index in [0.717, 1.165) is 23.5 Å². The number of thiophene rings is 1. The van der Waals surface area contributed by atoms with Crippen molar-refractivity contribution in [2.45, 2.75) is 11.2 Å². The van der Waals surface area contributed by atoms with Gasteiger partial charge < -0.3 is 9.47 Å². The second-order valence-electron chi connectivity index (χ2n) is 4.42. The highest BCUT2D eigenvalue weighted by Crippen LogP contribution is 2.43. The highest BCUT2D eigenvalue weighted by atomic mass is 127. The molecule has 1 aliphatic rings. The highest BCUT2D eigenvalue weighted by molar-refractivity contribution is 14.1. The molecule has 1 atom stereocenters. The Morgan fingerprint density at radius 1 is 1.20 bits per heavy atom. The normalized spacial score (nSPS) is 15.8. The Labute approximate surface area is 148 Å². The highest BCUT2D eigenvalue weighted by Gasteiger charge is 2.20. The lowest BCUT2D eigenvalue weighted by Crippen LogP contribution is -1.97. The first kappa shape index (κ1) is 14.9. The van der Waals surface area contributed by atoms with E-state index in [-0.39, 0.29) is 4.83 Å². The molecule has 1 aromatic carbocycles. The minimum Gasteiger partial charge on any atom is -0.490 e. The molecule has 0 bridgehead atoms. The predicted octanol–water partition coefficient (Wildman–Crippen LogP) is 5.65. The molecule has 0 spiro atoms. The van der Waals surface area contributed by atoms with Crippen molar-refractivity contribution in [3.63, 3.8) is 0 Å². The number of rotatable bonds is 2. The van der Waals surface area contributed by atoms with Gasteiger partial charge in [0.15, 0.2) is 11.5 Å². The van der Waals surface area contributed by atoms with Gasteiger partial charge in [0.1, 0.15) is 0 Å². The average Bonchev–Trinajstić information content (AvgIpc) is 2.73. The van der Waals surface area contributed by atoms with Crippen LogP contribution in [0.15, 0.2) is 23.6 Å². The number of ether oxygens (including phenoxy) is 2. The molecule has 2 aromatic rings. The molecule has 0 amide bonds. The van der Waals surface area contributed by atoms with Crippen LogP contribution >= 0.6 is 61.5 Å². The number of hydrogen-bond acceptors (Lipinski definition) is 3. The van der Waals surface area contributed by atoms with Gasteiger partial charge in [0.05, 0.1) is 20.9 Å². The second kappa shape index (κ2) is 6.42. The van der Waals surface area contributed by atoms with Gasteiger partial charge in [-0.05, 0) is 51.2 Å². The molecule has 2 nitrogen and oxygen atoms in total. The Kier molecular flexibility index (Phi) is 4.79. The van der Waals surface area contributed by atoms with Crippen molar-refractivity contribution in [1.82, 2.24) is 0 Å². The molecule has 0 saturated carbocycles. The maximum absolute atomic E-state index is 6.40. The first-order valence-corrected chi connectivity index (χ1v) is 9.37. The zero-order chi connectivity index (χ0) is 14.1. The topological polar surface area (TPSA) is 18.5 Å². The van der Waals surface area contributed by atoms with Gasteiger partial charge in [-0.3, -0.25) is 0 Å². The van der Waals surface area contributed by atoms with E-state index in [9.17, 15) is 0 Å². The lowest BCUT2D eigenvalue weighted by Gasteiger charge is -2.15. The molecule has 6 heteroatoms. The molecule has 1 aliphatic heterocycles. The lowest BCUT2D eigenvalue weighted by atomic mass is 10.1. The van der Waals surface area contributed by atoms with E-state index >= 15 is 0 Å². The fourth-order valence-electron chi connectivity index (χ4n) is 2.03. The van der Waals surface area contributed by atoms with Crippen molar-refractivity contribution in [2.24, 2.45) is 0 Å². The van der Waals surface area contributed by atoms with Crippen molar-refractivity contribution in [2.75, 3.05) is 13.2 Å². The maximum atomic E-state index is 6.40. The summed E-state index contributed by atoms with van der Waals surface area (Å²) in [4.78, 5) is 0.0620. The van der Waals surface area contributed by atoms with E-state index in [1.54, 1.807) is 11.3 Å². The SMILES string of the molecule is Clc1cc2c(cc1C(Br)c1csc(I)c1)OCCCO2. The number of fused-ring (bicyclic) bond motifs is 1. The molecule has 1 aromatic heterocycles. The first-order valence-electron chi connectivity index (χ1n) is 6.12. The lowest BCUT2D eigenvalue weighted by molar-refractivity contribution is 0.297. The average molecular weight is 486 g/mol. The number of halogens is 3. The first-order chi connectivity index (χ1) is 9.65. The Bertz CT molecular complexity index is 632. The summed E-state index contributed by atoms with van der Waals surface area (Å²) < 4.78 is 12.6. The summed E-state index contributed by atoms with van der Waals surface area (Å²) in [5, 5.41) is 2.83. The van der Waals surface area contributed by atoms with Gasteiger partial charge in [-0.2, -0.15) is 0 Å². The van der Waals surface area contributed by atoms with Gasteiger partial charge in [-0.25, -0.2) is 0 Å². The molecule has 0 saturated heterocycles. The van der Waals surface area contributed by atoms with Crippen LogP contribution in [-0.4, -0.2) is 13.2 Å². The van der Waals surface area contributed by atoms with Gasteiger partial charge in [0, 0.05) is 17.5 Å². The quantitative estimate of drug-likeness (QED) is 0.404. The molecule has 2 heterocycles. The summed E-state index contributed by atoms with van der Waals surface area (Å²) in [5.41, 5.74) is 2.21. The van der Waals surface area contributed by atoms with Crippen LogP contribution in [0.2, 0.25) is 5.02 Å². The van der Waals surface area contributed by atoms with Crippen molar-refractivity contribution >= 4 is 61.5 Å². The monoisotopic (exact) mass is 484 g/mol. The van der Waals surface area contributed by atoms with Gasteiger partial charge in [-0.15, -0.1) is 11.3 Å². The summed E-state index contributed by atoms with van der Waals surface area (Å²) in [7, 11) is 0. The summed E-state index contributed by atoms with van der Waals surface area (Å²) >= 11 is 14.2. The zero-order valence-corrected chi connectivity index (χ0v) is 15.7. The molecule has 0 fully saturated rings. The molecular formula is C14H11BrClIO2S. The Hall–Kier alpha value is 0.0200. The summed E-state index contributed by atoms with van der Waals surface area (Å²) in [6.45, 7) is 1.35. The van der Waals surface area contributed by atoms with Gasteiger partial charge >= 0.3 is 0 Å². The van der Waals surface area contributed by atoms with E-state index in [2.05, 4.69) is 50.0 Å². The van der Waals surface area contributed by atoms with Crippen molar-refractivity contribution in [3.8, 4) is 11.5 Å². The van der Waals surface area contributed by atoms with Crippen molar-refractivity contribution < 1.29 is 9.47 Å². The number of benzene rings is 1. The third-order valence-corrected chi connectivity index (χ3v) is 6.18. The summed E-state index contributed by atoms with van der Waals surface area (Å²) in [6, 6.07) is 5.99. The molecule has 1 unspecified atom stereocenters. The largest absolute Gasteiger partial charge is 0.490 e. The van der Waals surface area contributed by atoms with Crippen LogP contribution in [0.3, 0.4) is 0 Å². The minimum atomic E-state index is 0.0620. The Morgan fingerprint density at radius 2 is 1.90 bits per heavy atom. The van der Waals surface area contributed by atoms with Gasteiger partial charge in [0.25, 0.3) is 0 Å². The van der Waals surface area contributed by atoms with Crippen LogP contribution in [0.4, 0.5) is 0 Å². The fraction of sp³-hybridized carbons (Fsp3) is 0.286. The van der Waals surface area contributed by atoms with E-state index in [1.165, 1.54) is 8.45 Å². The molecule has 0 N–H and O–H groups in total. The van der Waals surface area contributed by atoms with Crippen LogP contribution < -0.4 is 9.47 Å². The zero-order valence-electron chi connectivity index (χ0n) is 10.4. The van der Waals surface area contributed by atoms with E-state index in [1.807, 2.05) is 12.1 Å². The van der Waals surface area contributed by atoms with Gasteiger partial charge in [-0.1, -0.05) is 27.5 Å². The van der Waals surface area contributed by atoms with Gasteiger partial charge in [0.2, 0.25) is 0 Å². The van der Waals surface area contributed by atoms with Crippen molar-refractivity contribution in [1.29, 1.82) is 0 Å². The number of alkyl halides is 1. The minimum absolute atomic E-state index is 0.0620. The third-order valence-electron chi connectivity index (χ3n) is 3.02. The maximum Gasteiger partial charge on any atom is 0.162 e. The Morgan fingerprint density at radius 3 is 2.55 bits per heavy atom. The second-order valence-corrected chi connectivity index (χ2v) is 8.55. The molecule has 106 valence electrons. The number of hydrogen-bond donors (Lipinski definition) is 0. The van der Waals surface area contributed by atoms with Crippen LogP contribution in [0.5, 0.6) is 11.5 Å². The van der Waals surface area contributed by atoms with E-state index < -0.39 is 0 Å². The molecular weight excluding hydrogens is 474 g/mol. The standard InChI is InChI=1S/C14H11BrClIO2S/c15-14(8-4-13(17)20-7-8)9-5-11-12(6-10(9)16)19-3-1-2-18-11/h4-7,14H,1-3H2. The smallest absolute Gasteiger partial charge is 0.162 e. The van der Waals surface area contributed by atoms with Crippen LogP contribution in [-0.2, 0) is 0 Å². The Balaban J connectivity index is 1.99. The van der Waals surface area contributed by atoms with E-state index in [0.29, 0.717) is 18.2 Å². The van der Waals surface area contributed by atoms with Crippen LogP contribution in [0, 0.1) is 2.88 Å².